The molecule has 0 radical (unpaired) electrons. The Labute approximate surface area is 114 Å². The Morgan fingerprint density at radius 2 is 1.95 bits per heavy atom. The molecule has 0 spiro atoms. The fraction of sp³-hybridized carbons (Fsp3) is 0. The van der Waals surface area contributed by atoms with Crippen molar-refractivity contribution in [1.29, 1.82) is 5.26 Å². The summed E-state index contributed by atoms with van der Waals surface area (Å²) in [5.41, 5.74) is 0.574. The van der Waals surface area contributed by atoms with Crippen LogP contribution in [0.5, 0.6) is 11.8 Å². The normalized spacial score (nSPS) is 9.95. The van der Waals surface area contributed by atoms with Gasteiger partial charge in [-0.25, -0.2) is 9.97 Å². The average Bonchev–Trinajstić information content (AvgIpc) is 3.03. The standard InChI is InChI=1S/C14H9N5O/c15-9-11-1-3-12(4-2-11)20-14-17-6-5-13(18-14)19-8-7-16-10-19/h1-8,10H. The van der Waals surface area contributed by atoms with E-state index in [4.69, 9.17) is 10.00 Å². The Balaban J connectivity index is 1.84. The lowest BCUT2D eigenvalue weighted by Gasteiger charge is -2.05. The van der Waals surface area contributed by atoms with Gasteiger partial charge >= 0.3 is 6.01 Å². The van der Waals surface area contributed by atoms with Crippen molar-refractivity contribution in [2.75, 3.05) is 0 Å². The Bertz CT molecular complexity index is 744. The number of benzene rings is 1. The van der Waals surface area contributed by atoms with Crippen molar-refractivity contribution in [2.24, 2.45) is 0 Å². The van der Waals surface area contributed by atoms with Gasteiger partial charge in [-0.15, -0.1) is 0 Å². The highest BCUT2D eigenvalue weighted by Crippen LogP contribution is 2.18. The zero-order chi connectivity index (χ0) is 13.8. The van der Waals surface area contributed by atoms with Crippen LogP contribution in [0.2, 0.25) is 0 Å². The zero-order valence-electron chi connectivity index (χ0n) is 10.3. The molecule has 0 saturated carbocycles. The van der Waals surface area contributed by atoms with E-state index in [2.05, 4.69) is 15.0 Å². The molecule has 96 valence electrons. The lowest BCUT2D eigenvalue weighted by atomic mass is 10.2. The third-order valence-corrected chi connectivity index (χ3v) is 2.58. The highest BCUT2D eigenvalue weighted by molar-refractivity contribution is 5.35. The first-order valence-corrected chi connectivity index (χ1v) is 5.84. The van der Waals surface area contributed by atoms with Crippen molar-refractivity contribution in [2.45, 2.75) is 0 Å². The fourth-order valence-electron chi connectivity index (χ4n) is 1.62. The molecule has 2 aromatic heterocycles. The van der Waals surface area contributed by atoms with Crippen molar-refractivity contribution < 1.29 is 4.74 Å². The molecule has 6 heteroatoms. The van der Waals surface area contributed by atoms with E-state index in [0.29, 0.717) is 17.1 Å². The van der Waals surface area contributed by atoms with Crippen LogP contribution in [0.4, 0.5) is 0 Å². The first kappa shape index (κ1) is 11.9. The number of hydrogen-bond acceptors (Lipinski definition) is 5. The maximum Gasteiger partial charge on any atom is 0.323 e. The van der Waals surface area contributed by atoms with Gasteiger partial charge < -0.3 is 4.74 Å². The van der Waals surface area contributed by atoms with Gasteiger partial charge in [0.2, 0.25) is 0 Å². The van der Waals surface area contributed by atoms with E-state index in [1.54, 1.807) is 59.8 Å². The summed E-state index contributed by atoms with van der Waals surface area (Å²) in [5, 5.41) is 8.74. The summed E-state index contributed by atoms with van der Waals surface area (Å²) in [5.74, 6) is 1.24. The van der Waals surface area contributed by atoms with Gasteiger partial charge in [0.15, 0.2) is 0 Å². The quantitative estimate of drug-likeness (QED) is 0.724. The van der Waals surface area contributed by atoms with Crippen LogP contribution < -0.4 is 4.74 Å². The van der Waals surface area contributed by atoms with Crippen LogP contribution in [-0.4, -0.2) is 19.5 Å². The van der Waals surface area contributed by atoms with Gasteiger partial charge in [0.25, 0.3) is 0 Å². The number of aromatic nitrogens is 4. The molecule has 0 bridgehead atoms. The number of rotatable bonds is 3. The lowest BCUT2D eigenvalue weighted by molar-refractivity contribution is 0.441. The summed E-state index contributed by atoms with van der Waals surface area (Å²) in [7, 11) is 0. The van der Waals surface area contributed by atoms with E-state index in [9.17, 15) is 0 Å². The molecule has 20 heavy (non-hydrogen) atoms. The van der Waals surface area contributed by atoms with Gasteiger partial charge in [-0.05, 0) is 24.3 Å². The molecule has 0 fully saturated rings. The molecule has 3 aromatic rings. The highest BCUT2D eigenvalue weighted by Gasteiger charge is 2.03. The molecule has 0 atom stereocenters. The van der Waals surface area contributed by atoms with E-state index in [1.165, 1.54) is 0 Å². The Morgan fingerprint density at radius 1 is 1.10 bits per heavy atom. The Hall–Kier alpha value is -3.20. The molecular formula is C14H9N5O. The van der Waals surface area contributed by atoms with Crippen LogP contribution in [0.15, 0.2) is 55.2 Å². The summed E-state index contributed by atoms with van der Waals surface area (Å²) < 4.78 is 7.31. The summed E-state index contributed by atoms with van der Waals surface area (Å²) in [4.78, 5) is 12.3. The van der Waals surface area contributed by atoms with Crippen LogP contribution >= 0.6 is 0 Å². The van der Waals surface area contributed by atoms with E-state index in [1.807, 2.05) is 6.07 Å². The SMILES string of the molecule is N#Cc1ccc(Oc2nccc(-n3ccnc3)n2)cc1. The van der Waals surface area contributed by atoms with E-state index < -0.39 is 0 Å². The minimum Gasteiger partial charge on any atom is -0.424 e. The van der Waals surface area contributed by atoms with Crippen LogP contribution in [0, 0.1) is 11.3 Å². The summed E-state index contributed by atoms with van der Waals surface area (Å²) in [6, 6.07) is 10.8. The number of nitrogens with zero attached hydrogens (tertiary/aromatic N) is 5. The van der Waals surface area contributed by atoms with Crippen molar-refractivity contribution in [3.8, 4) is 23.6 Å². The third-order valence-electron chi connectivity index (χ3n) is 2.58. The van der Waals surface area contributed by atoms with Gasteiger partial charge in [-0.3, -0.25) is 4.57 Å². The molecule has 1 aromatic carbocycles. The Kier molecular flexibility index (Phi) is 3.08. The molecular weight excluding hydrogens is 254 g/mol. The molecule has 0 unspecified atom stereocenters. The lowest BCUT2D eigenvalue weighted by Crippen LogP contribution is -1.98. The second-order valence-electron chi connectivity index (χ2n) is 3.91. The van der Waals surface area contributed by atoms with Crippen LogP contribution in [0.3, 0.4) is 0 Å². The van der Waals surface area contributed by atoms with Crippen molar-refractivity contribution in [3.05, 3.63) is 60.8 Å². The molecule has 3 rings (SSSR count). The number of hydrogen-bond donors (Lipinski definition) is 0. The first-order chi connectivity index (χ1) is 9.85. The van der Waals surface area contributed by atoms with E-state index >= 15 is 0 Å². The van der Waals surface area contributed by atoms with Crippen LogP contribution in [-0.2, 0) is 0 Å². The average molecular weight is 263 g/mol. The molecule has 0 aliphatic rings. The molecule has 0 aliphatic carbocycles. The topological polar surface area (TPSA) is 76.6 Å². The van der Waals surface area contributed by atoms with Crippen LogP contribution in [0.1, 0.15) is 5.56 Å². The van der Waals surface area contributed by atoms with Gasteiger partial charge in [-0.1, -0.05) is 0 Å². The molecule has 0 aliphatic heterocycles. The minimum atomic E-state index is 0.237. The molecule has 0 amide bonds. The van der Waals surface area contributed by atoms with Crippen molar-refractivity contribution >= 4 is 0 Å². The summed E-state index contributed by atoms with van der Waals surface area (Å²) >= 11 is 0. The van der Waals surface area contributed by atoms with Gasteiger partial charge in [-0.2, -0.15) is 10.2 Å². The monoisotopic (exact) mass is 263 g/mol. The smallest absolute Gasteiger partial charge is 0.323 e. The Morgan fingerprint density at radius 3 is 2.65 bits per heavy atom. The number of nitriles is 1. The molecule has 2 heterocycles. The molecule has 6 nitrogen and oxygen atoms in total. The maximum absolute atomic E-state index is 8.74. The summed E-state index contributed by atoms with van der Waals surface area (Å²) in [6.45, 7) is 0. The molecule has 0 N–H and O–H groups in total. The van der Waals surface area contributed by atoms with Crippen molar-refractivity contribution in [3.63, 3.8) is 0 Å². The number of imidazole rings is 1. The van der Waals surface area contributed by atoms with Gasteiger partial charge in [0, 0.05) is 24.7 Å². The zero-order valence-corrected chi connectivity index (χ0v) is 10.3. The first-order valence-electron chi connectivity index (χ1n) is 5.84. The fourth-order valence-corrected chi connectivity index (χ4v) is 1.62. The minimum absolute atomic E-state index is 0.237. The third kappa shape index (κ3) is 2.47. The predicted octanol–water partition coefficient (Wildman–Crippen LogP) is 2.33. The van der Waals surface area contributed by atoms with E-state index in [0.717, 1.165) is 0 Å². The number of ether oxygens (including phenoxy) is 1. The molecule has 0 saturated heterocycles. The highest BCUT2D eigenvalue weighted by atomic mass is 16.5. The van der Waals surface area contributed by atoms with E-state index in [-0.39, 0.29) is 6.01 Å². The second kappa shape index (κ2) is 5.20. The second-order valence-corrected chi connectivity index (χ2v) is 3.91. The van der Waals surface area contributed by atoms with Crippen LogP contribution in [0.25, 0.3) is 5.82 Å². The largest absolute Gasteiger partial charge is 0.424 e. The van der Waals surface area contributed by atoms with Gasteiger partial charge in [0.05, 0.1) is 11.6 Å². The predicted molar refractivity (Wildman–Crippen MR) is 70.4 cm³/mol. The summed E-state index contributed by atoms with van der Waals surface area (Å²) in [6.07, 6.45) is 6.71. The van der Waals surface area contributed by atoms with Gasteiger partial charge in [0.1, 0.15) is 17.9 Å². The van der Waals surface area contributed by atoms with Crippen molar-refractivity contribution in [1.82, 2.24) is 19.5 Å². The maximum atomic E-state index is 8.74.